The van der Waals surface area contributed by atoms with E-state index in [2.05, 4.69) is 4.90 Å². The van der Waals surface area contributed by atoms with Crippen molar-refractivity contribution in [1.29, 1.82) is 0 Å². The molecule has 0 aliphatic carbocycles. The number of ether oxygens (including phenoxy) is 1. The van der Waals surface area contributed by atoms with Gasteiger partial charge in [-0.1, -0.05) is 0 Å². The van der Waals surface area contributed by atoms with Crippen molar-refractivity contribution in [3.05, 3.63) is 0 Å². The molecular weight excluding hydrogens is 174 g/mol. The Balaban J connectivity index is 2.63. The first kappa shape index (κ1) is 10.2. The lowest BCUT2D eigenvalue weighted by Crippen LogP contribution is -2.50. The van der Waals surface area contributed by atoms with Crippen LogP contribution in [0.25, 0.3) is 0 Å². The van der Waals surface area contributed by atoms with E-state index in [-0.39, 0.29) is 5.72 Å². The summed E-state index contributed by atoms with van der Waals surface area (Å²) in [5, 5.41) is 0. The van der Waals surface area contributed by atoms with Gasteiger partial charge in [0.05, 0.1) is 0 Å². The number of methoxy groups -OCH3 is 1. The Bertz CT molecular complexity index is 172. The quantitative estimate of drug-likeness (QED) is 0.593. The summed E-state index contributed by atoms with van der Waals surface area (Å²) in [6, 6.07) is 0. The van der Waals surface area contributed by atoms with E-state index in [1.807, 2.05) is 14.1 Å². The molecule has 0 aromatic rings. The Morgan fingerprint density at radius 1 is 1.33 bits per heavy atom. The smallest absolute Gasteiger partial charge is 0.122 e. The standard InChI is InChI=1S/C8H17NO2S/c1-9(2)8(11-3)4-6-12(10)7-5-8/h4-7H2,1-3H3. The van der Waals surface area contributed by atoms with E-state index in [4.69, 9.17) is 4.74 Å². The molecule has 0 amide bonds. The molecule has 4 heteroatoms. The number of rotatable bonds is 2. The number of nitrogens with zero attached hydrogens (tertiary/aromatic N) is 1. The van der Waals surface area contributed by atoms with E-state index < -0.39 is 10.8 Å². The van der Waals surface area contributed by atoms with E-state index >= 15 is 0 Å². The van der Waals surface area contributed by atoms with Gasteiger partial charge in [0, 0.05) is 42.3 Å². The first-order valence-corrected chi connectivity index (χ1v) is 5.67. The highest BCUT2D eigenvalue weighted by molar-refractivity contribution is 7.85. The van der Waals surface area contributed by atoms with E-state index in [1.54, 1.807) is 7.11 Å². The molecule has 0 spiro atoms. The molecular formula is C8H17NO2S. The fraction of sp³-hybridized carbons (Fsp3) is 1.00. The molecule has 1 aliphatic heterocycles. The summed E-state index contributed by atoms with van der Waals surface area (Å²) in [5.41, 5.74) is -0.159. The van der Waals surface area contributed by atoms with Gasteiger partial charge in [-0.05, 0) is 14.1 Å². The second-order valence-electron chi connectivity index (χ2n) is 3.39. The van der Waals surface area contributed by atoms with E-state index in [1.165, 1.54) is 0 Å². The minimum atomic E-state index is -0.612. The van der Waals surface area contributed by atoms with Crippen LogP contribution in [0.1, 0.15) is 12.8 Å². The molecule has 1 saturated heterocycles. The van der Waals surface area contributed by atoms with Crippen molar-refractivity contribution in [2.24, 2.45) is 0 Å². The van der Waals surface area contributed by atoms with Crippen LogP contribution in [0.3, 0.4) is 0 Å². The molecule has 1 aliphatic rings. The third-order valence-electron chi connectivity index (χ3n) is 2.64. The Kier molecular flexibility index (Phi) is 3.26. The molecule has 0 radical (unpaired) electrons. The van der Waals surface area contributed by atoms with Gasteiger partial charge in [-0.2, -0.15) is 0 Å². The van der Waals surface area contributed by atoms with Gasteiger partial charge in [0.25, 0.3) is 0 Å². The fourth-order valence-electron chi connectivity index (χ4n) is 1.61. The third-order valence-corrected chi connectivity index (χ3v) is 3.95. The van der Waals surface area contributed by atoms with Gasteiger partial charge in [0.15, 0.2) is 0 Å². The zero-order chi connectivity index (χ0) is 9.19. The summed E-state index contributed by atoms with van der Waals surface area (Å²) < 4.78 is 16.6. The molecule has 0 saturated carbocycles. The average Bonchev–Trinajstić information content (AvgIpc) is 2.06. The molecule has 0 N–H and O–H groups in total. The van der Waals surface area contributed by atoms with E-state index in [9.17, 15) is 4.21 Å². The first-order chi connectivity index (χ1) is 5.60. The Labute approximate surface area is 76.5 Å². The van der Waals surface area contributed by atoms with Gasteiger partial charge in [-0.3, -0.25) is 9.11 Å². The molecule has 3 nitrogen and oxygen atoms in total. The van der Waals surface area contributed by atoms with Gasteiger partial charge in [-0.25, -0.2) is 0 Å². The fourth-order valence-corrected chi connectivity index (χ4v) is 2.90. The van der Waals surface area contributed by atoms with Gasteiger partial charge >= 0.3 is 0 Å². The van der Waals surface area contributed by atoms with Crippen LogP contribution in [0.2, 0.25) is 0 Å². The van der Waals surface area contributed by atoms with Crippen LogP contribution in [0.4, 0.5) is 0 Å². The maximum Gasteiger partial charge on any atom is 0.122 e. The molecule has 1 heterocycles. The SMILES string of the molecule is COC1(N(C)C)CCS(=O)CC1. The second-order valence-corrected chi connectivity index (χ2v) is 5.09. The highest BCUT2D eigenvalue weighted by Crippen LogP contribution is 2.27. The normalized spacial score (nSPS) is 37.2. The maximum absolute atomic E-state index is 11.1. The summed E-state index contributed by atoms with van der Waals surface area (Å²) in [4.78, 5) is 2.09. The number of hydrogen-bond acceptors (Lipinski definition) is 3. The highest BCUT2D eigenvalue weighted by atomic mass is 32.2. The molecule has 72 valence electrons. The minimum absolute atomic E-state index is 0.159. The minimum Gasteiger partial charge on any atom is -0.364 e. The lowest BCUT2D eigenvalue weighted by Gasteiger charge is -2.41. The summed E-state index contributed by atoms with van der Waals surface area (Å²) in [6.45, 7) is 0. The molecule has 12 heavy (non-hydrogen) atoms. The van der Waals surface area contributed by atoms with Gasteiger partial charge in [-0.15, -0.1) is 0 Å². The largest absolute Gasteiger partial charge is 0.364 e. The van der Waals surface area contributed by atoms with Gasteiger partial charge in [0.2, 0.25) is 0 Å². The predicted octanol–water partition coefficient (Wildman–Crippen LogP) is 0.433. The second kappa shape index (κ2) is 3.85. The summed E-state index contributed by atoms with van der Waals surface area (Å²) in [6.07, 6.45) is 1.76. The maximum atomic E-state index is 11.1. The van der Waals surface area contributed by atoms with Crippen molar-refractivity contribution in [2.75, 3.05) is 32.7 Å². The Hall–Kier alpha value is 0.0700. The topological polar surface area (TPSA) is 29.5 Å². The Morgan fingerprint density at radius 2 is 1.83 bits per heavy atom. The van der Waals surface area contributed by atoms with Crippen LogP contribution >= 0.6 is 0 Å². The highest BCUT2D eigenvalue weighted by Gasteiger charge is 2.36. The first-order valence-electron chi connectivity index (χ1n) is 4.18. The van der Waals surface area contributed by atoms with Crippen LogP contribution in [0, 0.1) is 0 Å². The number of hydrogen-bond donors (Lipinski definition) is 0. The van der Waals surface area contributed by atoms with Crippen LogP contribution < -0.4 is 0 Å². The zero-order valence-corrected chi connectivity index (χ0v) is 8.82. The summed E-state index contributed by atoms with van der Waals surface area (Å²) >= 11 is 0. The van der Waals surface area contributed by atoms with Crippen molar-refractivity contribution in [3.8, 4) is 0 Å². The van der Waals surface area contributed by atoms with Crippen LogP contribution in [0.15, 0.2) is 0 Å². The summed E-state index contributed by atoms with van der Waals surface area (Å²) in [7, 11) is 5.14. The molecule has 1 rings (SSSR count). The van der Waals surface area contributed by atoms with Crippen molar-refractivity contribution >= 4 is 10.8 Å². The molecule has 0 aromatic carbocycles. The van der Waals surface area contributed by atoms with Gasteiger partial charge < -0.3 is 4.74 Å². The molecule has 0 aromatic heterocycles. The Morgan fingerprint density at radius 3 is 2.17 bits per heavy atom. The van der Waals surface area contributed by atoms with E-state index in [0.717, 1.165) is 24.3 Å². The van der Waals surface area contributed by atoms with Crippen LogP contribution in [0.5, 0.6) is 0 Å². The van der Waals surface area contributed by atoms with E-state index in [0.29, 0.717) is 0 Å². The van der Waals surface area contributed by atoms with Gasteiger partial charge in [0.1, 0.15) is 5.72 Å². The molecule has 0 bridgehead atoms. The van der Waals surface area contributed by atoms with Crippen molar-refractivity contribution in [1.82, 2.24) is 4.90 Å². The summed E-state index contributed by atoms with van der Waals surface area (Å²) in [5.74, 6) is 1.54. The van der Waals surface area contributed by atoms with Crippen molar-refractivity contribution in [2.45, 2.75) is 18.6 Å². The predicted molar refractivity (Wildman–Crippen MR) is 50.5 cm³/mol. The average molecular weight is 191 g/mol. The molecule has 0 unspecified atom stereocenters. The lowest BCUT2D eigenvalue weighted by atomic mass is 10.1. The molecule has 1 fully saturated rings. The molecule has 0 atom stereocenters. The van der Waals surface area contributed by atoms with Crippen LogP contribution in [-0.4, -0.2) is 47.5 Å². The van der Waals surface area contributed by atoms with Crippen molar-refractivity contribution in [3.63, 3.8) is 0 Å². The van der Waals surface area contributed by atoms with Crippen molar-refractivity contribution < 1.29 is 8.95 Å². The lowest BCUT2D eigenvalue weighted by molar-refractivity contribution is -0.119. The zero-order valence-electron chi connectivity index (χ0n) is 8.00. The monoisotopic (exact) mass is 191 g/mol. The van der Waals surface area contributed by atoms with Crippen LogP contribution in [-0.2, 0) is 15.5 Å². The third kappa shape index (κ3) is 1.87.